The van der Waals surface area contributed by atoms with Crippen molar-refractivity contribution in [2.24, 2.45) is 0 Å². The third kappa shape index (κ3) is 3.60. The summed E-state index contributed by atoms with van der Waals surface area (Å²) in [5, 5.41) is 7.53. The molecule has 52 heavy (non-hydrogen) atoms. The fraction of sp³-hybridized carbons (Fsp3) is 0. The van der Waals surface area contributed by atoms with Gasteiger partial charge in [-0.15, -0.1) is 0 Å². The van der Waals surface area contributed by atoms with E-state index in [9.17, 15) is 0 Å². The second kappa shape index (κ2) is 10.3. The summed E-state index contributed by atoms with van der Waals surface area (Å²) in [6.45, 7) is 0. The first-order chi connectivity index (χ1) is 25.8. The van der Waals surface area contributed by atoms with E-state index in [1.54, 1.807) is 0 Å². The maximum Gasteiger partial charge on any atom is 0.0783 e. The topological polar surface area (TPSA) is 18.0 Å². The minimum absolute atomic E-state index is 1.15. The highest BCUT2D eigenvalue weighted by molar-refractivity contribution is 6.22. The molecule has 0 amide bonds. The van der Waals surface area contributed by atoms with Crippen LogP contribution in [0, 0.1) is 0 Å². The molecular weight excluding hydrogens is 633 g/mol. The van der Waals surface area contributed by atoms with Gasteiger partial charge in [0.15, 0.2) is 0 Å². The molecule has 1 aliphatic heterocycles. The van der Waals surface area contributed by atoms with Crippen LogP contribution in [0.25, 0.3) is 82.5 Å². The van der Waals surface area contributed by atoms with Crippen LogP contribution in [0.5, 0.6) is 0 Å². The first-order valence-corrected chi connectivity index (χ1v) is 17.9. The molecular formula is C48H30N4. The maximum absolute atomic E-state index is 2.49. The molecule has 4 heteroatoms. The van der Waals surface area contributed by atoms with E-state index in [-0.39, 0.29) is 0 Å². The van der Waals surface area contributed by atoms with Crippen LogP contribution in [0.2, 0.25) is 0 Å². The van der Waals surface area contributed by atoms with Gasteiger partial charge in [0.25, 0.3) is 0 Å². The van der Waals surface area contributed by atoms with Crippen LogP contribution in [0.4, 0.5) is 17.1 Å². The predicted octanol–water partition coefficient (Wildman–Crippen LogP) is 12.8. The van der Waals surface area contributed by atoms with E-state index in [1.807, 2.05) is 0 Å². The molecule has 0 aliphatic carbocycles. The first-order valence-electron chi connectivity index (χ1n) is 17.9. The minimum atomic E-state index is 1.15. The van der Waals surface area contributed by atoms with E-state index in [4.69, 9.17) is 0 Å². The summed E-state index contributed by atoms with van der Waals surface area (Å²) >= 11 is 0. The Morgan fingerprint density at radius 1 is 0.250 bits per heavy atom. The van der Waals surface area contributed by atoms with Gasteiger partial charge in [0.05, 0.1) is 50.2 Å². The molecule has 11 aromatic rings. The maximum atomic E-state index is 2.49. The summed E-state index contributed by atoms with van der Waals surface area (Å²) in [5.41, 5.74) is 14.3. The standard InChI is InChI=1S/C48H30N4/c1-3-14-31(15-4-1)49-40-21-9-7-18-34(40)37-28-33(26-27-42(37)49)51-41-22-10-8-19-35(41)38-29-39-36-20-13-25-45-48(36)52(47(39)30-46(38)51)44-24-12-11-23-43(44)50(45)32-16-5-2-6-17-32/h1-30H. The average Bonchev–Trinajstić information content (AvgIpc) is 3.84. The highest BCUT2D eigenvalue weighted by Gasteiger charge is 2.29. The van der Waals surface area contributed by atoms with Crippen molar-refractivity contribution in [3.63, 3.8) is 0 Å². The molecule has 0 radical (unpaired) electrons. The number of aromatic nitrogens is 3. The van der Waals surface area contributed by atoms with E-state index < -0.39 is 0 Å². The van der Waals surface area contributed by atoms with Crippen LogP contribution in [-0.2, 0) is 0 Å². The Morgan fingerprint density at radius 3 is 1.52 bits per heavy atom. The monoisotopic (exact) mass is 662 g/mol. The molecule has 4 heterocycles. The molecule has 8 aromatic carbocycles. The minimum Gasteiger partial charge on any atom is -0.309 e. The lowest BCUT2D eigenvalue weighted by atomic mass is 10.1. The van der Waals surface area contributed by atoms with Crippen molar-refractivity contribution < 1.29 is 0 Å². The van der Waals surface area contributed by atoms with Crippen LogP contribution < -0.4 is 4.90 Å². The molecule has 0 saturated heterocycles. The summed E-state index contributed by atoms with van der Waals surface area (Å²) in [6.07, 6.45) is 0. The number of hydrogen-bond donors (Lipinski definition) is 0. The summed E-state index contributed by atoms with van der Waals surface area (Å²) in [5.74, 6) is 0. The molecule has 0 saturated carbocycles. The molecule has 0 fully saturated rings. The largest absolute Gasteiger partial charge is 0.309 e. The van der Waals surface area contributed by atoms with Crippen LogP contribution in [-0.4, -0.2) is 13.7 Å². The summed E-state index contributed by atoms with van der Waals surface area (Å²) in [7, 11) is 0. The molecule has 242 valence electrons. The van der Waals surface area contributed by atoms with Crippen LogP contribution >= 0.6 is 0 Å². The lowest BCUT2D eigenvalue weighted by molar-refractivity contribution is 1.11. The molecule has 0 N–H and O–H groups in total. The van der Waals surface area contributed by atoms with Crippen LogP contribution in [0.15, 0.2) is 182 Å². The van der Waals surface area contributed by atoms with Crippen LogP contribution in [0.3, 0.4) is 0 Å². The molecule has 0 atom stereocenters. The highest BCUT2D eigenvalue weighted by atomic mass is 15.2. The molecule has 0 unspecified atom stereocenters. The second-order valence-corrected chi connectivity index (χ2v) is 13.8. The fourth-order valence-electron chi connectivity index (χ4n) is 9.00. The van der Waals surface area contributed by atoms with Gasteiger partial charge in [-0.2, -0.15) is 0 Å². The number of anilines is 3. The van der Waals surface area contributed by atoms with Gasteiger partial charge in [0, 0.05) is 49.4 Å². The van der Waals surface area contributed by atoms with E-state index in [2.05, 4.69) is 201 Å². The Balaban J connectivity index is 1.18. The Kier molecular flexibility index (Phi) is 5.47. The molecule has 12 rings (SSSR count). The number of fused-ring (bicyclic) bond motifs is 11. The Morgan fingerprint density at radius 2 is 0.769 bits per heavy atom. The van der Waals surface area contributed by atoms with Crippen molar-refractivity contribution >= 4 is 82.5 Å². The number of para-hydroxylation sites is 7. The SMILES string of the molecule is c1ccc(N2c3ccccc3-n3c4cc5c(cc4c4cccc2c43)c2ccccc2n5-c2ccc3c(c2)c2ccccc2n3-c2ccccc2)cc1. The van der Waals surface area contributed by atoms with Crippen molar-refractivity contribution in [2.75, 3.05) is 4.90 Å². The Hall–Kier alpha value is -7.04. The number of benzene rings is 8. The second-order valence-electron chi connectivity index (χ2n) is 13.8. The van der Waals surface area contributed by atoms with Crippen molar-refractivity contribution in [3.8, 4) is 17.1 Å². The third-order valence-corrected chi connectivity index (χ3v) is 11.1. The summed E-state index contributed by atoms with van der Waals surface area (Å²) in [4.78, 5) is 2.41. The number of hydrogen-bond acceptors (Lipinski definition) is 1. The fourth-order valence-corrected chi connectivity index (χ4v) is 9.00. The van der Waals surface area contributed by atoms with Gasteiger partial charge < -0.3 is 18.6 Å². The Bertz CT molecular complexity index is 3230. The number of nitrogens with zero attached hydrogens (tertiary/aromatic N) is 4. The van der Waals surface area contributed by atoms with Gasteiger partial charge in [-0.25, -0.2) is 0 Å². The molecule has 1 aliphatic rings. The van der Waals surface area contributed by atoms with Gasteiger partial charge in [-0.05, 0) is 84.9 Å². The van der Waals surface area contributed by atoms with Gasteiger partial charge in [0.1, 0.15) is 0 Å². The van der Waals surface area contributed by atoms with E-state index in [1.165, 1.54) is 88.2 Å². The summed E-state index contributed by atoms with van der Waals surface area (Å²) < 4.78 is 7.34. The van der Waals surface area contributed by atoms with Gasteiger partial charge in [-0.3, -0.25) is 0 Å². The van der Waals surface area contributed by atoms with E-state index in [0.29, 0.717) is 0 Å². The average molecular weight is 663 g/mol. The van der Waals surface area contributed by atoms with E-state index in [0.717, 1.165) is 11.4 Å². The van der Waals surface area contributed by atoms with E-state index >= 15 is 0 Å². The van der Waals surface area contributed by atoms with Crippen molar-refractivity contribution in [1.29, 1.82) is 0 Å². The Labute approximate surface area is 299 Å². The normalized spacial score (nSPS) is 12.6. The number of rotatable bonds is 3. The zero-order valence-electron chi connectivity index (χ0n) is 28.1. The molecule has 4 nitrogen and oxygen atoms in total. The van der Waals surface area contributed by atoms with Crippen molar-refractivity contribution in [1.82, 2.24) is 13.7 Å². The van der Waals surface area contributed by atoms with Gasteiger partial charge in [0.2, 0.25) is 0 Å². The molecule has 0 spiro atoms. The predicted molar refractivity (Wildman–Crippen MR) is 218 cm³/mol. The summed E-state index contributed by atoms with van der Waals surface area (Å²) in [6, 6.07) is 66.4. The zero-order valence-corrected chi connectivity index (χ0v) is 28.1. The smallest absolute Gasteiger partial charge is 0.0783 e. The van der Waals surface area contributed by atoms with Crippen molar-refractivity contribution in [2.45, 2.75) is 0 Å². The van der Waals surface area contributed by atoms with Gasteiger partial charge >= 0.3 is 0 Å². The molecule has 0 bridgehead atoms. The van der Waals surface area contributed by atoms with Crippen molar-refractivity contribution in [3.05, 3.63) is 182 Å². The lowest BCUT2D eigenvalue weighted by Crippen LogP contribution is -2.17. The quantitative estimate of drug-likeness (QED) is 0.184. The third-order valence-electron chi connectivity index (χ3n) is 11.1. The zero-order chi connectivity index (χ0) is 33.9. The first kappa shape index (κ1) is 27.7. The lowest BCUT2D eigenvalue weighted by Gasteiger charge is -2.33. The molecule has 3 aromatic heterocycles. The highest BCUT2D eigenvalue weighted by Crippen LogP contribution is 2.50. The van der Waals surface area contributed by atoms with Gasteiger partial charge in [-0.1, -0.05) is 97.1 Å². The van der Waals surface area contributed by atoms with Crippen LogP contribution in [0.1, 0.15) is 0 Å².